The Morgan fingerprint density at radius 2 is 2.30 bits per heavy atom. The summed E-state index contributed by atoms with van der Waals surface area (Å²) in [7, 11) is -3.82. The first kappa shape index (κ1) is 15.2. The van der Waals surface area contributed by atoms with Crippen LogP contribution in [0.5, 0.6) is 0 Å². The number of hydrogen-bond acceptors (Lipinski definition) is 5. The van der Waals surface area contributed by atoms with Gasteiger partial charge in [-0.25, -0.2) is 17.9 Å². The molecule has 0 radical (unpaired) electrons. The van der Waals surface area contributed by atoms with Gasteiger partial charge in [0.15, 0.2) is 0 Å². The molecule has 10 heteroatoms. The van der Waals surface area contributed by atoms with Gasteiger partial charge in [0, 0.05) is 17.8 Å². The molecule has 0 fully saturated rings. The number of nitrogens with zero attached hydrogens (tertiary/aromatic N) is 1. The van der Waals surface area contributed by atoms with E-state index in [0.717, 1.165) is 17.4 Å². The molecule has 20 heavy (non-hydrogen) atoms. The highest BCUT2D eigenvalue weighted by Gasteiger charge is 2.25. The lowest BCUT2D eigenvalue weighted by atomic mass is 10.2. The van der Waals surface area contributed by atoms with E-state index in [1.807, 2.05) is 0 Å². The van der Waals surface area contributed by atoms with Crippen LogP contribution in [0, 0.1) is 0 Å². The van der Waals surface area contributed by atoms with Crippen molar-refractivity contribution in [3.63, 3.8) is 0 Å². The Kier molecular flexibility index (Phi) is 4.28. The van der Waals surface area contributed by atoms with Gasteiger partial charge in [0.25, 0.3) is 0 Å². The van der Waals surface area contributed by atoms with Gasteiger partial charge in [0.1, 0.15) is 9.77 Å². The van der Waals surface area contributed by atoms with E-state index in [9.17, 15) is 13.2 Å². The molecule has 1 unspecified atom stereocenters. The zero-order valence-corrected chi connectivity index (χ0v) is 13.3. The van der Waals surface area contributed by atoms with Gasteiger partial charge in [-0.2, -0.15) is 5.10 Å². The summed E-state index contributed by atoms with van der Waals surface area (Å²) in [5.41, 5.74) is 0.679. The van der Waals surface area contributed by atoms with E-state index >= 15 is 0 Å². The van der Waals surface area contributed by atoms with Crippen LogP contribution in [0.1, 0.15) is 28.2 Å². The molecule has 108 valence electrons. The molecular formula is C10H10BrN3O4S2. The molecule has 0 aliphatic heterocycles. The van der Waals surface area contributed by atoms with Crippen molar-refractivity contribution in [2.45, 2.75) is 17.9 Å². The lowest BCUT2D eigenvalue weighted by Gasteiger charge is -2.11. The number of halogens is 1. The number of carboxylic acid groups (broad SMARTS) is 1. The van der Waals surface area contributed by atoms with Crippen LogP contribution < -0.4 is 4.72 Å². The molecule has 0 aliphatic rings. The standard InChI is InChI=1S/C10H10BrN3O4S2/c1-5(6-3-12-13-4-6)14-20(17,18)8-2-7(10(15)16)19-9(8)11/h2-5,14H,1H3,(H,12,13)(H,15,16). The van der Waals surface area contributed by atoms with Crippen LogP contribution in [0.4, 0.5) is 0 Å². The van der Waals surface area contributed by atoms with Crippen molar-refractivity contribution in [3.05, 3.63) is 32.7 Å². The van der Waals surface area contributed by atoms with Gasteiger partial charge in [-0.1, -0.05) is 0 Å². The summed E-state index contributed by atoms with van der Waals surface area (Å²) in [6, 6.07) is 0.639. The maximum atomic E-state index is 12.2. The molecule has 3 N–H and O–H groups in total. The first-order valence-electron chi connectivity index (χ1n) is 5.35. The number of nitrogens with one attached hydrogen (secondary N) is 2. The van der Waals surface area contributed by atoms with E-state index in [2.05, 4.69) is 30.8 Å². The molecule has 2 heterocycles. The second kappa shape index (κ2) is 5.64. The average molecular weight is 380 g/mol. The van der Waals surface area contributed by atoms with E-state index in [1.54, 1.807) is 13.1 Å². The second-order valence-corrected chi connectivity index (χ2v) is 7.98. The van der Waals surface area contributed by atoms with Gasteiger partial charge in [-0.15, -0.1) is 11.3 Å². The highest BCUT2D eigenvalue weighted by Crippen LogP contribution is 2.32. The Labute approximate surface area is 127 Å². The fourth-order valence-electron chi connectivity index (χ4n) is 1.50. The van der Waals surface area contributed by atoms with Crippen LogP contribution in [0.25, 0.3) is 0 Å². The molecule has 0 aromatic carbocycles. The second-order valence-electron chi connectivity index (χ2n) is 3.93. The average Bonchev–Trinajstić information content (AvgIpc) is 2.96. The summed E-state index contributed by atoms with van der Waals surface area (Å²) in [6.07, 6.45) is 3.09. The monoisotopic (exact) mass is 379 g/mol. The number of aromatic amines is 1. The van der Waals surface area contributed by atoms with E-state index in [-0.39, 0.29) is 13.6 Å². The van der Waals surface area contributed by atoms with E-state index in [4.69, 9.17) is 5.11 Å². The summed E-state index contributed by atoms with van der Waals surface area (Å²) >= 11 is 3.93. The van der Waals surface area contributed by atoms with Crippen molar-refractivity contribution in [1.82, 2.24) is 14.9 Å². The van der Waals surface area contributed by atoms with Crippen molar-refractivity contribution >= 4 is 43.3 Å². The first-order chi connectivity index (χ1) is 9.31. The van der Waals surface area contributed by atoms with Crippen LogP contribution in [-0.2, 0) is 10.0 Å². The molecule has 0 spiro atoms. The number of hydrogen-bond donors (Lipinski definition) is 3. The van der Waals surface area contributed by atoms with Crippen LogP contribution in [0.3, 0.4) is 0 Å². The molecule has 0 bridgehead atoms. The van der Waals surface area contributed by atoms with E-state index < -0.39 is 22.0 Å². The molecule has 7 nitrogen and oxygen atoms in total. The Balaban J connectivity index is 2.29. The van der Waals surface area contributed by atoms with E-state index in [1.165, 1.54) is 6.20 Å². The highest BCUT2D eigenvalue weighted by atomic mass is 79.9. The molecule has 1 atom stereocenters. The number of carboxylic acids is 1. The molecule has 0 aliphatic carbocycles. The summed E-state index contributed by atoms with van der Waals surface area (Å²) in [6.45, 7) is 1.67. The van der Waals surface area contributed by atoms with Crippen molar-refractivity contribution in [1.29, 1.82) is 0 Å². The predicted molar refractivity (Wildman–Crippen MR) is 76.3 cm³/mol. The molecule has 0 amide bonds. The van der Waals surface area contributed by atoms with Gasteiger partial charge in [-0.05, 0) is 28.9 Å². The van der Waals surface area contributed by atoms with Crippen molar-refractivity contribution in [2.75, 3.05) is 0 Å². The third-order valence-electron chi connectivity index (χ3n) is 2.51. The summed E-state index contributed by atoms with van der Waals surface area (Å²) in [5.74, 6) is -1.17. The fraction of sp³-hybridized carbons (Fsp3) is 0.200. The number of carbonyl (C=O) groups is 1. The smallest absolute Gasteiger partial charge is 0.345 e. The SMILES string of the molecule is CC(NS(=O)(=O)c1cc(C(=O)O)sc1Br)c1cn[nH]c1. The van der Waals surface area contributed by atoms with Crippen LogP contribution in [-0.4, -0.2) is 29.7 Å². The zero-order chi connectivity index (χ0) is 14.9. The van der Waals surface area contributed by atoms with E-state index in [0.29, 0.717) is 5.56 Å². The maximum absolute atomic E-state index is 12.2. The molecule has 2 rings (SSSR count). The Morgan fingerprint density at radius 3 is 2.80 bits per heavy atom. The molecule has 0 saturated carbocycles. The molecule has 2 aromatic heterocycles. The molecule has 0 saturated heterocycles. The minimum atomic E-state index is -3.82. The number of sulfonamides is 1. The van der Waals surface area contributed by atoms with Crippen molar-refractivity contribution in [2.24, 2.45) is 0 Å². The highest BCUT2D eigenvalue weighted by molar-refractivity contribution is 9.11. The largest absolute Gasteiger partial charge is 0.477 e. The van der Waals surface area contributed by atoms with Crippen molar-refractivity contribution in [3.8, 4) is 0 Å². The summed E-state index contributed by atoms with van der Waals surface area (Å²) in [5, 5.41) is 15.2. The normalized spacial score (nSPS) is 13.3. The topological polar surface area (TPSA) is 112 Å². The predicted octanol–water partition coefficient (Wildman–Crippen LogP) is 1.97. The van der Waals surface area contributed by atoms with Gasteiger partial charge in [0.2, 0.25) is 10.0 Å². The van der Waals surface area contributed by atoms with Crippen molar-refractivity contribution < 1.29 is 18.3 Å². The van der Waals surface area contributed by atoms with Gasteiger partial charge in [0.05, 0.1) is 9.98 Å². The maximum Gasteiger partial charge on any atom is 0.345 e. The Bertz CT molecular complexity index is 724. The van der Waals surface area contributed by atoms with Gasteiger partial charge < -0.3 is 5.11 Å². The number of thiophene rings is 1. The number of rotatable bonds is 5. The fourth-order valence-corrected chi connectivity index (χ4v) is 5.14. The summed E-state index contributed by atoms with van der Waals surface area (Å²) < 4.78 is 27.2. The summed E-state index contributed by atoms with van der Waals surface area (Å²) in [4.78, 5) is 10.7. The van der Waals surface area contributed by atoms with Crippen LogP contribution in [0.2, 0.25) is 0 Å². The van der Waals surface area contributed by atoms with Crippen LogP contribution in [0.15, 0.2) is 27.1 Å². The number of aromatic nitrogens is 2. The molecule has 2 aromatic rings. The number of aromatic carboxylic acids is 1. The van der Waals surface area contributed by atoms with Gasteiger partial charge >= 0.3 is 5.97 Å². The van der Waals surface area contributed by atoms with Gasteiger partial charge in [-0.3, -0.25) is 5.10 Å². The molecular weight excluding hydrogens is 370 g/mol. The quantitative estimate of drug-likeness (QED) is 0.734. The lowest BCUT2D eigenvalue weighted by Crippen LogP contribution is -2.26. The van der Waals surface area contributed by atoms with Crippen LogP contribution >= 0.6 is 27.3 Å². The Morgan fingerprint density at radius 1 is 1.60 bits per heavy atom. The first-order valence-corrected chi connectivity index (χ1v) is 8.44. The minimum absolute atomic E-state index is 0.0479. The lowest BCUT2D eigenvalue weighted by molar-refractivity contribution is 0.0702. The third kappa shape index (κ3) is 3.08. The zero-order valence-electron chi connectivity index (χ0n) is 10.1. The Hall–Kier alpha value is -1.23. The third-order valence-corrected chi connectivity index (χ3v) is 6.29. The number of H-pyrrole nitrogens is 1. The minimum Gasteiger partial charge on any atom is -0.477 e.